The van der Waals surface area contributed by atoms with Crippen LogP contribution in [0, 0.1) is 4.77 Å². The second-order valence-corrected chi connectivity index (χ2v) is 7.92. The Balaban J connectivity index is 1.59. The van der Waals surface area contributed by atoms with Gasteiger partial charge in [0.2, 0.25) is 0 Å². The summed E-state index contributed by atoms with van der Waals surface area (Å²) in [7, 11) is 4.01. The summed E-state index contributed by atoms with van der Waals surface area (Å²) in [6, 6.07) is 12.3. The van der Waals surface area contributed by atoms with Crippen LogP contribution in [-0.2, 0) is 13.7 Å². The van der Waals surface area contributed by atoms with Gasteiger partial charge in [-0.25, -0.2) is 9.67 Å². The molecule has 0 saturated heterocycles. The number of hydrogen-bond acceptors (Lipinski definition) is 6. The third-order valence-corrected chi connectivity index (χ3v) is 6.36. The first-order valence-electron chi connectivity index (χ1n) is 8.64. The fourth-order valence-corrected chi connectivity index (χ4v) is 4.19. The maximum atomic E-state index is 5.60. The molecule has 27 heavy (non-hydrogen) atoms. The molecule has 0 aliphatic carbocycles. The van der Waals surface area contributed by atoms with Gasteiger partial charge in [0.05, 0.1) is 22.9 Å². The third-order valence-electron chi connectivity index (χ3n) is 4.67. The fourth-order valence-electron chi connectivity index (χ4n) is 2.92. The van der Waals surface area contributed by atoms with E-state index < -0.39 is 0 Å². The van der Waals surface area contributed by atoms with Crippen molar-refractivity contribution in [2.45, 2.75) is 19.6 Å². The first-order valence-corrected chi connectivity index (χ1v) is 9.87. The quantitative estimate of drug-likeness (QED) is 0.472. The van der Waals surface area contributed by atoms with Gasteiger partial charge in [-0.15, -0.1) is 11.3 Å². The summed E-state index contributed by atoms with van der Waals surface area (Å²) >= 11 is 7.33. The molecule has 0 unspecified atom stereocenters. The number of benzene rings is 1. The largest absolute Gasteiger partial charge is 0.303 e. The number of rotatable bonds is 5. The predicted molar refractivity (Wildman–Crippen MR) is 111 cm³/mol. The van der Waals surface area contributed by atoms with E-state index in [2.05, 4.69) is 36.0 Å². The highest BCUT2D eigenvalue weighted by Crippen LogP contribution is 2.29. The molecule has 0 bridgehead atoms. The Bertz CT molecular complexity index is 1100. The lowest BCUT2D eigenvalue weighted by molar-refractivity contribution is 0.194. The van der Waals surface area contributed by atoms with E-state index in [0.717, 1.165) is 21.9 Å². The summed E-state index contributed by atoms with van der Waals surface area (Å²) < 4.78 is 5.68. The van der Waals surface area contributed by atoms with Crippen LogP contribution >= 0.6 is 23.6 Å². The van der Waals surface area contributed by atoms with Crippen molar-refractivity contribution in [1.82, 2.24) is 29.2 Å². The summed E-state index contributed by atoms with van der Waals surface area (Å²) in [6.45, 7) is 2.75. The molecule has 1 atom stereocenters. The van der Waals surface area contributed by atoms with E-state index in [9.17, 15) is 0 Å². The molecule has 6 nitrogen and oxygen atoms in total. The van der Waals surface area contributed by atoms with Gasteiger partial charge >= 0.3 is 0 Å². The summed E-state index contributed by atoms with van der Waals surface area (Å²) in [5.41, 5.74) is 2.05. The lowest BCUT2D eigenvalue weighted by Gasteiger charge is -2.22. The molecule has 0 saturated carbocycles. The molecule has 3 aromatic heterocycles. The van der Waals surface area contributed by atoms with Crippen LogP contribution in [0.3, 0.4) is 0 Å². The zero-order valence-corrected chi connectivity index (χ0v) is 17.0. The molecule has 0 aliphatic rings. The van der Waals surface area contributed by atoms with Crippen molar-refractivity contribution in [2.24, 2.45) is 7.05 Å². The lowest BCUT2D eigenvalue weighted by atomic mass is 10.2. The number of hydrogen-bond donors (Lipinski definition) is 0. The zero-order chi connectivity index (χ0) is 19.0. The van der Waals surface area contributed by atoms with Crippen LogP contribution < -0.4 is 0 Å². The molecule has 0 radical (unpaired) electrons. The smallest absolute Gasteiger partial charge is 0.199 e. The first-order chi connectivity index (χ1) is 13.0. The van der Waals surface area contributed by atoms with E-state index in [1.807, 2.05) is 40.6 Å². The third kappa shape index (κ3) is 3.43. The van der Waals surface area contributed by atoms with Crippen LogP contribution in [0.4, 0.5) is 0 Å². The molecular formula is C19H20N6S2. The molecule has 0 spiro atoms. The Labute approximate surface area is 166 Å². The lowest BCUT2D eigenvalue weighted by Crippen LogP contribution is -2.26. The summed E-state index contributed by atoms with van der Waals surface area (Å²) in [4.78, 5) is 11.1. The number of para-hydroxylation sites is 1. The molecule has 3 heterocycles. The summed E-state index contributed by atoms with van der Waals surface area (Å²) in [5.74, 6) is 0.837. The summed E-state index contributed by atoms with van der Waals surface area (Å²) in [6.07, 6.45) is 3.53. The van der Waals surface area contributed by atoms with Gasteiger partial charge in [-0.3, -0.25) is 9.88 Å². The standard InChI is InChI=1S/C19H20N6S2/c1-13(18-21-15-6-4-5-7-16(15)27-18)23(2)12-25-19(26)24(3)17(22-25)14-8-10-20-11-9-14/h4-11,13H,12H2,1-3H3/t13-/m1/s1. The van der Waals surface area contributed by atoms with Gasteiger partial charge in [0.25, 0.3) is 0 Å². The van der Waals surface area contributed by atoms with Crippen LogP contribution in [0.5, 0.6) is 0 Å². The second-order valence-electron chi connectivity index (χ2n) is 6.49. The van der Waals surface area contributed by atoms with E-state index in [-0.39, 0.29) is 6.04 Å². The Hall–Kier alpha value is -2.42. The molecule has 4 aromatic rings. The number of aromatic nitrogens is 5. The Morgan fingerprint density at radius 1 is 1.19 bits per heavy atom. The topological polar surface area (TPSA) is 51.8 Å². The minimum absolute atomic E-state index is 0.163. The van der Waals surface area contributed by atoms with Crippen LogP contribution in [0.2, 0.25) is 0 Å². The monoisotopic (exact) mass is 396 g/mol. The van der Waals surface area contributed by atoms with Crippen LogP contribution in [0.25, 0.3) is 21.6 Å². The highest BCUT2D eigenvalue weighted by atomic mass is 32.1. The minimum Gasteiger partial charge on any atom is -0.303 e. The van der Waals surface area contributed by atoms with E-state index in [1.165, 1.54) is 4.70 Å². The molecule has 0 N–H and O–H groups in total. The van der Waals surface area contributed by atoms with Crippen LogP contribution in [0.15, 0.2) is 48.8 Å². The molecule has 1 aromatic carbocycles. The average Bonchev–Trinajstić information content (AvgIpc) is 3.24. The number of nitrogens with zero attached hydrogens (tertiary/aromatic N) is 6. The molecule has 0 amide bonds. The van der Waals surface area contributed by atoms with E-state index >= 15 is 0 Å². The average molecular weight is 397 g/mol. The number of fused-ring (bicyclic) bond motifs is 1. The van der Waals surface area contributed by atoms with Crippen molar-refractivity contribution in [3.8, 4) is 11.4 Å². The molecule has 4 rings (SSSR count). The zero-order valence-electron chi connectivity index (χ0n) is 15.4. The van der Waals surface area contributed by atoms with Crippen LogP contribution in [0.1, 0.15) is 18.0 Å². The summed E-state index contributed by atoms with van der Waals surface area (Å²) in [5, 5.41) is 5.82. The number of pyridine rings is 1. The second kappa shape index (κ2) is 7.30. The maximum Gasteiger partial charge on any atom is 0.199 e. The van der Waals surface area contributed by atoms with Crippen molar-refractivity contribution in [1.29, 1.82) is 0 Å². The minimum atomic E-state index is 0.163. The highest BCUT2D eigenvalue weighted by Gasteiger charge is 2.18. The van der Waals surface area contributed by atoms with Gasteiger partial charge in [-0.05, 0) is 50.5 Å². The van der Waals surface area contributed by atoms with Gasteiger partial charge in [-0.2, -0.15) is 5.10 Å². The van der Waals surface area contributed by atoms with Crippen molar-refractivity contribution in [3.05, 3.63) is 58.6 Å². The van der Waals surface area contributed by atoms with Crippen molar-refractivity contribution >= 4 is 33.8 Å². The normalized spacial score (nSPS) is 12.7. The molecule has 0 aliphatic heterocycles. The van der Waals surface area contributed by atoms with Crippen molar-refractivity contribution in [2.75, 3.05) is 7.05 Å². The van der Waals surface area contributed by atoms with E-state index in [1.54, 1.807) is 23.7 Å². The van der Waals surface area contributed by atoms with Crippen molar-refractivity contribution in [3.63, 3.8) is 0 Å². The van der Waals surface area contributed by atoms with Gasteiger partial charge in [0.1, 0.15) is 5.01 Å². The van der Waals surface area contributed by atoms with Crippen LogP contribution in [-0.4, -0.2) is 36.3 Å². The van der Waals surface area contributed by atoms with Gasteiger partial charge in [0.15, 0.2) is 10.6 Å². The Morgan fingerprint density at radius 3 is 2.67 bits per heavy atom. The Kier molecular flexibility index (Phi) is 4.86. The van der Waals surface area contributed by atoms with Gasteiger partial charge < -0.3 is 4.57 Å². The Morgan fingerprint density at radius 2 is 1.93 bits per heavy atom. The number of thiazole rings is 1. The maximum absolute atomic E-state index is 5.60. The van der Waals surface area contributed by atoms with Gasteiger partial charge in [-0.1, -0.05) is 12.1 Å². The van der Waals surface area contributed by atoms with Crippen molar-refractivity contribution < 1.29 is 0 Å². The SMILES string of the molecule is C[C@H](c1nc2ccccc2s1)N(C)Cn1nc(-c2ccncc2)n(C)c1=S. The first kappa shape index (κ1) is 18.0. The van der Waals surface area contributed by atoms with E-state index in [0.29, 0.717) is 11.4 Å². The molecule has 0 fully saturated rings. The molecular weight excluding hydrogens is 376 g/mol. The molecule has 8 heteroatoms. The van der Waals surface area contributed by atoms with E-state index in [4.69, 9.17) is 22.3 Å². The predicted octanol–water partition coefficient (Wildman–Crippen LogP) is 4.27. The highest BCUT2D eigenvalue weighted by molar-refractivity contribution is 7.71. The molecule has 138 valence electrons. The fraction of sp³-hybridized carbons (Fsp3) is 0.263. The van der Waals surface area contributed by atoms with Gasteiger partial charge in [0, 0.05) is 25.0 Å².